The molecule has 1 aromatic rings. The minimum Gasteiger partial charge on any atom is -0.385 e. The molecule has 0 aliphatic rings. The third-order valence-electron chi connectivity index (χ3n) is 2.93. The number of nitrogens with zero attached hydrogens (tertiary/aromatic N) is 1. The van der Waals surface area contributed by atoms with Gasteiger partial charge in [0.05, 0.1) is 0 Å². The van der Waals surface area contributed by atoms with Crippen molar-refractivity contribution in [1.82, 2.24) is 0 Å². The fraction of sp³-hybridized carbons (Fsp3) is 0.500. The molecule has 0 unspecified atom stereocenters. The average molecular weight is 253 g/mol. The molecule has 0 fully saturated rings. The van der Waals surface area contributed by atoms with Crippen LogP contribution in [0.25, 0.3) is 0 Å². The van der Waals surface area contributed by atoms with Gasteiger partial charge in [-0.15, -0.1) is 0 Å². The summed E-state index contributed by atoms with van der Waals surface area (Å²) in [5.41, 5.74) is 0.582. The number of benzene rings is 1. The van der Waals surface area contributed by atoms with E-state index in [4.69, 9.17) is 4.74 Å². The fourth-order valence-corrected chi connectivity index (χ4v) is 1.80. The molecule has 0 saturated heterocycles. The lowest BCUT2D eigenvalue weighted by Crippen LogP contribution is -2.31. The SMILES string of the molecule is COCCC[C@H](C)C(=O)N(C)c1cccc(F)c1. The van der Waals surface area contributed by atoms with Gasteiger partial charge >= 0.3 is 0 Å². The van der Waals surface area contributed by atoms with Gasteiger partial charge in [0.2, 0.25) is 5.91 Å². The highest BCUT2D eigenvalue weighted by atomic mass is 19.1. The van der Waals surface area contributed by atoms with E-state index < -0.39 is 0 Å². The molecule has 0 N–H and O–H groups in total. The van der Waals surface area contributed by atoms with Crippen LogP contribution in [0.3, 0.4) is 0 Å². The van der Waals surface area contributed by atoms with Crippen LogP contribution in [-0.4, -0.2) is 26.7 Å². The molecule has 1 rings (SSSR count). The van der Waals surface area contributed by atoms with E-state index in [-0.39, 0.29) is 17.6 Å². The molecule has 18 heavy (non-hydrogen) atoms. The Hall–Kier alpha value is -1.42. The molecular weight excluding hydrogens is 233 g/mol. The van der Waals surface area contributed by atoms with Crippen molar-refractivity contribution in [3.63, 3.8) is 0 Å². The van der Waals surface area contributed by atoms with Crippen LogP contribution in [0.2, 0.25) is 0 Å². The summed E-state index contributed by atoms with van der Waals surface area (Å²) in [5.74, 6) is -0.427. The lowest BCUT2D eigenvalue weighted by Gasteiger charge is -2.21. The van der Waals surface area contributed by atoms with Crippen LogP contribution in [0.5, 0.6) is 0 Å². The van der Waals surface area contributed by atoms with Gasteiger partial charge in [0.25, 0.3) is 0 Å². The van der Waals surface area contributed by atoms with Gasteiger partial charge < -0.3 is 9.64 Å². The number of hydrogen-bond donors (Lipinski definition) is 0. The Morgan fingerprint density at radius 2 is 2.22 bits per heavy atom. The second-order valence-corrected chi connectivity index (χ2v) is 4.41. The number of ether oxygens (including phenoxy) is 1. The number of carbonyl (C=O) groups excluding carboxylic acids is 1. The van der Waals surface area contributed by atoms with Crippen molar-refractivity contribution >= 4 is 11.6 Å². The van der Waals surface area contributed by atoms with E-state index in [1.165, 1.54) is 17.0 Å². The second kappa shape index (κ2) is 7.11. The van der Waals surface area contributed by atoms with Gasteiger partial charge in [-0.05, 0) is 31.0 Å². The lowest BCUT2D eigenvalue weighted by molar-refractivity contribution is -0.121. The van der Waals surface area contributed by atoms with Gasteiger partial charge in [-0.25, -0.2) is 4.39 Å². The van der Waals surface area contributed by atoms with Crippen molar-refractivity contribution in [2.45, 2.75) is 19.8 Å². The standard InChI is InChI=1S/C14H20FNO2/c1-11(6-5-9-18-3)14(17)16(2)13-8-4-7-12(15)10-13/h4,7-8,10-11H,5-6,9H2,1-3H3/t11-/m0/s1. The Bertz CT molecular complexity index is 395. The molecule has 0 bridgehead atoms. The van der Waals surface area contributed by atoms with E-state index >= 15 is 0 Å². The maximum atomic E-state index is 13.1. The molecule has 0 spiro atoms. The topological polar surface area (TPSA) is 29.5 Å². The minimum absolute atomic E-state index is 0.00305. The number of hydrogen-bond acceptors (Lipinski definition) is 2. The molecule has 3 nitrogen and oxygen atoms in total. The fourth-order valence-electron chi connectivity index (χ4n) is 1.80. The first-order valence-electron chi connectivity index (χ1n) is 6.08. The van der Waals surface area contributed by atoms with Crippen molar-refractivity contribution in [2.24, 2.45) is 5.92 Å². The van der Waals surface area contributed by atoms with Gasteiger partial charge in [0.1, 0.15) is 5.82 Å². The predicted molar refractivity (Wildman–Crippen MR) is 70.1 cm³/mol. The first kappa shape index (κ1) is 14.6. The van der Waals surface area contributed by atoms with E-state index in [9.17, 15) is 9.18 Å². The van der Waals surface area contributed by atoms with Crippen LogP contribution in [-0.2, 0) is 9.53 Å². The number of carbonyl (C=O) groups is 1. The largest absolute Gasteiger partial charge is 0.385 e. The summed E-state index contributed by atoms with van der Waals surface area (Å²) in [6.45, 7) is 2.54. The highest BCUT2D eigenvalue weighted by Gasteiger charge is 2.18. The molecule has 0 aliphatic heterocycles. The maximum Gasteiger partial charge on any atom is 0.229 e. The van der Waals surface area contributed by atoms with Crippen LogP contribution in [0.1, 0.15) is 19.8 Å². The van der Waals surface area contributed by atoms with E-state index in [2.05, 4.69) is 0 Å². The molecule has 0 saturated carbocycles. The molecule has 1 aromatic carbocycles. The summed E-state index contributed by atoms with van der Waals surface area (Å²) in [7, 11) is 3.31. The summed E-state index contributed by atoms with van der Waals surface area (Å²) < 4.78 is 18.0. The van der Waals surface area contributed by atoms with Crippen molar-refractivity contribution in [2.75, 3.05) is 25.7 Å². The van der Waals surface area contributed by atoms with Crippen molar-refractivity contribution < 1.29 is 13.9 Å². The Kier molecular flexibility index (Phi) is 5.78. The average Bonchev–Trinajstić information content (AvgIpc) is 2.37. The Balaban J connectivity index is 2.60. The molecule has 0 heterocycles. The lowest BCUT2D eigenvalue weighted by atomic mass is 10.0. The quantitative estimate of drug-likeness (QED) is 0.730. The van der Waals surface area contributed by atoms with E-state index in [1.807, 2.05) is 6.92 Å². The smallest absolute Gasteiger partial charge is 0.229 e. The molecular formula is C14H20FNO2. The van der Waals surface area contributed by atoms with Crippen molar-refractivity contribution in [1.29, 1.82) is 0 Å². The number of methoxy groups -OCH3 is 1. The minimum atomic E-state index is -0.334. The third kappa shape index (κ3) is 4.11. The third-order valence-corrected chi connectivity index (χ3v) is 2.93. The second-order valence-electron chi connectivity index (χ2n) is 4.41. The summed E-state index contributed by atoms with van der Waals surface area (Å²) in [6, 6.07) is 6.05. The Morgan fingerprint density at radius 3 is 2.83 bits per heavy atom. The highest BCUT2D eigenvalue weighted by molar-refractivity contribution is 5.94. The van der Waals surface area contributed by atoms with Crippen LogP contribution in [0, 0.1) is 11.7 Å². The Labute approximate surface area is 108 Å². The van der Waals surface area contributed by atoms with Crippen LogP contribution in [0.4, 0.5) is 10.1 Å². The van der Waals surface area contributed by atoms with Gasteiger partial charge in [0.15, 0.2) is 0 Å². The monoisotopic (exact) mass is 253 g/mol. The van der Waals surface area contributed by atoms with Gasteiger partial charge in [-0.3, -0.25) is 4.79 Å². The summed E-state index contributed by atoms with van der Waals surface area (Å²) in [4.78, 5) is 13.6. The highest BCUT2D eigenvalue weighted by Crippen LogP contribution is 2.18. The summed E-state index contributed by atoms with van der Waals surface area (Å²) >= 11 is 0. The molecule has 0 aromatic heterocycles. The molecule has 0 aliphatic carbocycles. The zero-order valence-electron chi connectivity index (χ0n) is 11.1. The first-order chi connectivity index (χ1) is 8.56. The zero-order valence-corrected chi connectivity index (χ0v) is 11.1. The van der Waals surface area contributed by atoms with Gasteiger partial charge in [-0.2, -0.15) is 0 Å². The van der Waals surface area contributed by atoms with Crippen molar-refractivity contribution in [3.8, 4) is 0 Å². The van der Waals surface area contributed by atoms with E-state index in [0.717, 1.165) is 12.8 Å². The summed E-state index contributed by atoms with van der Waals surface area (Å²) in [6.07, 6.45) is 1.62. The molecule has 1 atom stereocenters. The van der Waals surface area contributed by atoms with E-state index in [1.54, 1.807) is 26.3 Å². The number of halogens is 1. The normalized spacial score (nSPS) is 12.2. The van der Waals surface area contributed by atoms with Crippen LogP contribution < -0.4 is 4.90 Å². The first-order valence-corrected chi connectivity index (χ1v) is 6.08. The number of anilines is 1. The maximum absolute atomic E-state index is 13.1. The molecule has 0 radical (unpaired) electrons. The zero-order chi connectivity index (χ0) is 13.5. The molecule has 4 heteroatoms. The number of amides is 1. The molecule has 100 valence electrons. The summed E-state index contributed by atoms with van der Waals surface area (Å²) in [5, 5.41) is 0. The van der Waals surface area contributed by atoms with Gasteiger partial charge in [0, 0.05) is 32.4 Å². The van der Waals surface area contributed by atoms with Crippen molar-refractivity contribution in [3.05, 3.63) is 30.1 Å². The number of rotatable bonds is 6. The Morgan fingerprint density at radius 1 is 1.50 bits per heavy atom. The van der Waals surface area contributed by atoms with E-state index in [0.29, 0.717) is 12.3 Å². The van der Waals surface area contributed by atoms with Gasteiger partial charge in [-0.1, -0.05) is 13.0 Å². The predicted octanol–water partition coefficient (Wildman–Crippen LogP) is 2.85. The van der Waals surface area contributed by atoms with Crippen LogP contribution >= 0.6 is 0 Å². The molecule has 1 amide bonds. The van der Waals surface area contributed by atoms with Crippen LogP contribution in [0.15, 0.2) is 24.3 Å².